The summed E-state index contributed by atoms with van der Waals surface area (Å²) in [5, 5.41) is 4.14. The van der Waals surface area contributed by atoms with Gasteiger partial charge in [-0.1, -0.05) is 29.8 Å². The topological polar surface area (TPSA) is 82.8 Å². The smallest absolute Gasteiger partial charge is 0.237 e. The average molecular weight is 510 g/mol. The molecule has 0 radical (unpaired) electrons. The van der Waals surface area contributed by atoms with Crippen molar-refractivity contribution >= 4 is 22.4 Å². The van der Waals surface area contributed by atoms with Gasteiger partial charge in [-0.05, 0) is 62.4 Å². The largest absolute Gasteiger partial charge is 0.480 e. The minimum Gasteiger partial charge on any atom is -0.480 e. The summed E-state index contributed by atoms with van der Waals surface area (Å²) in [6.07, 6.45) is 1.69. The Morgan fingerprint density at radius 3 is 2.47 bits per heavy atom. The van der Waals surface area contributed by atoms with Crippen molar-refractivity contribution in [3.8, 4) is 23.0 Å². The molecule has 8 nitrogen and oxygen atoms in total. The predicted molar refractivity (Wildman–Crippen MR) is 149 cm³/mol. The van der Waals surface area contributed by atoms with Gasteiger partial charge in [0.25, 0.3) is 0 Å². The standard InChI is InChI=1S/C30H31N5O3/c1-20-12-14-21(15-13-20)35-27-11-7-6-9-22(27)32-26-17-24(33-23-10-8-16-31-29(23)37-4)25(18-28(26)35)34-30(2,38-5)19-36-3/h6-18,33H,19H2,1-5H3/b34-25+. The monoisotopic (exact) mass is 509 g/mol. The molecule has 8 heteroatoms. The van der Waals surface area contributed by atoms with Crippen LogP contribution >= 0.6 is 0 Å². The Kier molecular flexibility index (Phi) is 7.09. The number of benzene rings is 3. The molecule has 5 rings (SSSR count). The molecule has 3 aromatic rings. The Bertz CT molecular complexity index is 1610. The Balaban J connectivity index is 1.84. The molecule has 38 heavy (non-hydrogen) atoms. The number of nitrogens with one attached hydrogen (secondary N) is 1. The molecule has 2 aromatic carbocycles. The highest BCUT2D eigenvalue weighted by atomic mass is 16.5. The molecule has 2 heterocycles. The molecule has 1 N–H and O–H groups in total. The maximum absolute atomic E-state index is 5.76. The van der Waals surface area contributed by atoms with E-state index in [-0.39, 0.29) is 6.61 Å². The average Bonchev–Trinajstić information content (AvgIpc) is 2.93. The van der Waals surface area contributed by atoms with Crippen LogP contribution in [-0.4, -0.2) is 48.2 Å². The van der Waals surface area contributed by atoms with Crippen molar-refractivity contribution in [3.05, 3.63) is 89.9 Å². The number of hydrogen-bond acceptors (Lipinski definition) is 7. The van der Waals surface area contributed by atoms with E-state index in [1.165, 1.54) is 5.56 Å². The molecular weight excluding hydrogens is 478 g/mol. The molecule has 1 aromatic heterocycles. The number of aromatic nitrogens is 3. The Morgan fingerprint density at radius 1 is 0.947 bits per heavy atom. The zero-order chi connectivity index (χ0) is 26.7. The van der Waals surface area contributed by atoms with Gasteiger partial charge in [-0.3, -0.25) is 0 Å². The van der Waals surface area contributed by atoms with Gasteiger partial charge in [0.15, 0.2) is 5.72 Å². The van der Waals surface area contributed by atoms with Crippen molar-refractivity contribution in [2.24, 2.45) is 4.99 Å². The summed E-state index contributed by atoms with van der Waals surface area (Å²) in [6.45, 7) is 4.26. The van der Waals surface area contributed by atoms with E-state index in [4.69, 9.17) is 24.2 Å². The molecule has 0 fully saturated rings. The van der Waals surface area contributed by atoms with Gasteiger partial charge in [0.05, 0.1) is 47.2 Å². The molecule has 1 atom stereocenters. The number of nitrogens with zero attached hydrogens (tertiary/aromatic N) is 4. The Morgan fingerprint density at radius 2 is 1.74 bits per heavy atom. The molecule has 1 aliphatic carbocycles. The van der Waals surface area contributed by atoms with E-state index >= 15 is 0 Å². The fourth-order valence-corrected chi connectivity index (χ4v) is 4.46. The molecule has 194 valence electrons. The number of rotatable bonds is 8. The lowest BCUT2D eigenvalue weighted by Gasteiger charge is -2.24. The summed E-state index contributed by atoms with van der Waals surface area (Å²) in [5.74, 6) is 0.478. The lowest BCUT2D eigenvalue weighted by atomic mass is 10.1. The molecule has 0 amide bonds. The second-order valence-electron chi connectivity index (χ2n) is 9.24. The van der Waals surface area contributed by atoms with Gasteiger partial charge in [-0.15, -0.1) is 0 Å². The van der Waals surface area contributed by atoms with Crippen LogP contribution in [0.15, 0.2) is 84.0 Å². The number of ether oxygens (including phenoxy) is 3. The summed E-state index contributed by atoms with van der Waals surface area (Å²) in [6, 6.07) is 24.4. The second-order valence-corrected chi connectivity index (χ2v) is 9.24. The van der Waals surface area contributed by atoms with Crippen LogP contribution in [0.25, 0.3) is 28.1 Å². The van der Waals surface area contributed by atoms with Crippen LogP contribution in [-0.2, 0) is 9.47 Å². The van der Waals surface area contributed by atoms with Crippen LogP contribution in [0.2, 0.25) is 0 Å². The van der Waals surface area contributed by atoms with Gasteiger partial charge in [-0.2, -0.15) is 0 Å². The first-order chi connectivity index (χ1) is 18.4. The number of para-hydroxylation sites is 2. The minimum atomic E-state index is -0.906. The highest BCUT2D eigenvalue weighted by Crippen LogP contribution is 2.32. The van der Waals surface area contributed by atoms with E-state index in [1.807, 2.05) is 49.4 Å². The van der Waals surface area contributed by atoms with Crippen molar-refractivity contribution < 1.29 is 14.2 Å². The number of anilines is 2. The third kappa shape index (κ3) is 4.96. The van der Waals surface area contributed by atoms with Crippen LogP contribution in [0, 0.1) is 6.92 Å². The summed E-state index contributed by atoms with van der Waals surface area (Å²) >= 11 is 0. The fraction of sp³-hybridized carbons (Fsp3) is 0.233. The van der Waals surface area contributed by atoms with Gasteiger partial charge in [0, 0.05) is 26.1 Å². The van der Waals surface area contributed by atoms with Crippen molar-refractivity contribution in [1.29, 1.82) is 0 Å². The Hall–Kier alpha value is -4.27. The fourth-order valence-electron chi connectivity index (χ4n) is 4.46. The minimum absolute atomic E-state index is 0.283. The molecule has 0 saturated heterocycles. The lowest BCUT2D eigenvalue weighted by molar-refractivity contribution is -0.0466. The normalized spacial score (nSPS) is 13.6. The van der Waals surface area contributed by atoms with E-state index in [1.54, 1.807) is 27.5 Å². The third-order valence-electron chi connectivity index (χ3n) is 6.43. The van der Waals surface area contributed by atoms with Crippen LogP contribution in [0.1, 0.15) is 12.5 Å². The number of fused-ring (bicyclic) bond motifs is 2. The van der Waals surface area contributed by atoms with E-state index in [0.29, 0.717) is 16.9 Å². The van der Waals surface area contributed by atoms with Crippen molar-refractivity contribution in [2.75, 3.05) is 33.3 Å². The molecule has 1 aliphatic heterocycles. The third-order valence-corrected chi connectivity index (χ3v) is 6.43. The summed E-state index contributed by atoms with van der Waals surface area (Å²) in [4.78, 5) is 14.4. The molecule has 0 spiro atoms. The Labute approximate surface area is 221 Å². The van der Waals surface area contributed by atoms with E-state index in [9.17, 15) is 0 Å². The molecule has 2 aliphatic rings. The first-order valence-corrected chi connectivity index (χ1v) is 12.3. The second kappa shape index (κ2) is 10.6. The van der Waals surface area contributed by atoms with Gasteiger partial charge >= 0.3 is 0 Å². The molecule has 1 unspecified atom stereocenters. The first kappa shape index (κ1) is 25.4. The van der Waals surface area contributed by atoms with Gasteiger partial charge in [0.1, 0.15) is 5.69 Å². The number of aryl methyl sites for hydroxylation is 1. The molecule has 0 bridgehead atoms. The summed E-state index contributed by atoms with van der Waals surface area (Å²) in [5.41, 5.74) is 6.37. The van der Waals surface area contributed by atoms with E-state index in [0.717, 1.165) is 33.8 Å². The van der Waals surface area contributed by atoms with Crippen LogP contribution in [0.4, 0.5) is 11.4 Å². The SMILES string of the molecule is COCC(C)(/N=c1\cc2n(-c3ccc(C)cc3)c3ccccc3nc-2cc1Nc1cccnc1OC)OC. The van der Waals surface area contributed by atoms with E-state index in [2.05, 4.69) is 52.1 Å². The summed E-state index contributed by atoms with van der Waals surface area (Å²) in [7, 11) is 4.86. The quantitative estimate of drug-likeness (QED) is 0.278. The van der Waals surface area contributed by atoms with E-state index < -0.39 is 5.72 Å². The van der Waals surface area contributed by atoms with Crippen LogP contribution in [0.5, 0.6) is 5.88 Å². The number of methoxy groups -OCH3 is 3. The van der Waals surface area contributed by atoms with Crippen molar-refractivity contribution in [3.63, 3.8) is 0 Å². The number of hydrogen-bond donors (Lipinski definition) is 1. The van der Waals surface area contributed by atoms with Crippen molar-refractivity contribution in [2.45, 2.75) is 19.6 Å². The highest BCUT2D eigenvalue weighted by Gasteiger charge is 2.24. The maximum Gasteiger partial charge on any atom is 0.237 e. The number of pyridine rings is 1. The van der Waals surface area contributed by atoms with Gasteiger partial charge < -0.3 is 24.1 Å². The molecular formula is C30H31N5O3. The van der Waals surface area contributed by atoms with Gasteiger partial charge in [0.2, 0.25) is 5.88 Å². The predicted octanol–water partition coefficient (Wildman–Crippen LogP) is 5.50. The van der Waals surface area contributed by atoms with Gasteiger partial charge in [-0.25, -0.2) is 15.0 Å². The zero-order valence-electron chi connectivity index (χ0n) is 22.2. The maximum atomic E-state index is 5.76. The highest BCUT2D eigenvalue weighted by molar-refractivity contribution is 5.84. The van der Waals surface area contributed by atoms with Crippen molar-refractivity contribution in [1.82, 2.24) is 14.5 Å². The zero-order valence-corrected chi connectivity index (χ0v) is 22.2. The first-order valence-electron chi connectivity index (χ1n) is 12.3. The van der Waals surface area contributed by atoms with Crippen LogP contribution < -0.4 is 15.4 Å². The van der Waals surface area contributed by atoms with Crippen LogP contribution in [0.3, 0.4) is 0 Å². The lowest BCUT2D eigenvalue weighted by Crippen LogP contribution is -2.33. The molecule has 0 saturated carbocycles. The summed E-state index contributed by atoms with van der Waals surface area (Å²) < 4.78 is 18.9.